The van der Waals surface area contributed by atoms with Crippen molar-refractivity contribution in [3.05, 3.63) is 36.0 Å². The molecule has 1 aliphatic heterocycles. The molecule has 1 amide bonds. The van der Waals surface area contributed by atoms with Crippen LogP contribution in [0.5, 0.6) is 0 Å². The van der Waals surface area contributed by atoms with Crippen molar-refractivity contribution in [3.8, 4) is 0 Å². The lowest BCUT2D eigenvalue weighted by Crippen LogP contribution is -2.49. The number of para-hydroxylation sites is 1. The standard InChI is InChI=1S/C23H30N2O5/c1-27-14-28-21-9-15-8-19(21)23(29-6-7-30-23)11-17(15)13-25-22(26)10-16-12-24-20-5-3-2-4-18(16)20/h2-5,12,15,17,19,21,24H,6-11,13-14H2,1H3,(H,25,26)/t15-,17-,19+,21-/m0/s1. The molecule has 2 saturated carbocycles. The van der Waals surface area contributed by atoms with Crippen LogP contribution in [-0.2, 0) is 30.2 Å². The first-order valence-corrected chi connectivity index (χ1v) is 10.9. The number of hydrogen-bond donors (Lipinski definition) is 2. The molecule has 2 bridgehead atoms. The fraction of sp³-hybridized carbons (Fsp3) is 0.609. The summed E-state index contributed by atoms with van der Waals surface area (Å²) >= 11 is 0. The minimum absolute atomic E-state index is 0.0503. The van der Waals surface area contributed by atoms with Crippen LogP contribution in [0.15, 0.2) is 30.5 Å². The molecule has 5 rings (SSSR count). The van der Waals surface area contributed by atoms with E-state index in [-0.39, 0.29) is 24.7 Å². The summed E-state index contributed by atoms with van der Waals surface area (Å²) in [6.07, 6.45) is 5.17. The van der Waals surface area contributed by atoms with E-state index < -0.39 is 5.79 Å². The molecule has 7 nitrogen and oxygen atoms in total. The molecule has 2 aliphatic carbocycles. The maximum absolute atomic E-state index is 12.7. The van der Waals surface area contributed by atoms with E-state index in [1.165, 1.54) is 0 Å². The van der Waals surface area contributed by atoms with Gasteiger partial charge in [0.25, 0.3) is 0 Å². The van der Waals surface area contributed by atoms with Gasteiger partial charge in [0.05, 0.1) is 25.7 Å². The number of benzene rings is 1. The molecular formula is C23H30N2O5. The number of carbonyl (C=O) groups excluding carboxylic acids is 1. The lowest BCUT2D eigenvalue weighted by atomic mass is 9.75. The second-order valence-electron chi connectivity index (χ2n) is 8.76. The van der Waals surface area contributed by atoms with Crippen LogP contribution in [0.4, 0.5) is 0 Å². The van der Waals surface area contributed by atoms with Crippen molar-refractivity contribution in [3.63, 3.8) is 0 Å². The predicted octanol–water partition coefficient (Wildman–Crippen LogP) is 2.60. The smallest absolute Gasteiger partial charge is 0.224 e. The first-order chi connectivity index (χ1) is 14.7. The third kappa shape index (κ3) is 3.64. The summed E-state index contributed by atoms with van der Waals surface area (Å²) in [4.78, 5) is 15.9. The van der Waals surface area contributed by atoms with E-state index in [4.69, 9.17) is 18.9 Å². The van der Waals surface area contributed by atoms with Crippen molar-refractivity contribution < 1.29 is 23.7 Å². The minimum Gasteiger partial charge on any atom is -0.361 e. The predicted molar refractivity (Wildman–Crippen MR) is 111 cm³/mol. The second-order valence-corrected chi connectivity index (χ2v) is 8.76. The second kappa shape index (κ2) is 8.30. The molecule has 0 radical (unpaired) electrons. The third-order valence-electron chi connectivity index (χ3n) is 7.08. The molecule has 3 aliphatic rings. The monoisotopic (exact) mass is 414 g/mol. The normalized spacial score (nSPS) is 29.6. The molecular weight excluding hydrogens is 384 g/mol. The van der Waals surface area contributed by atoms with Gasteiger partial charge in [0.1, 0.15) is 6.79 Å². The molecule has 1 spiro atoms. The molecule has 0 unspecified atom stereocenters. The first-order valence-electron chi connectivity index (χ1n) is 10.9. The highest BCUT2D eigenvalue weighted by molar-refractivity contribution is 5.88. The minimum atomic E-state index is -0.572. The molecule has 162 valence electrons. The summed E-state index contributed by atoms with van der Waals surface area (Å²) in [7, 11) is 1.64. The molecule has 2 heterocycles. The summed E-state index contributed by atoms with van der Waals surface area (Å²) < 4.78 is 23.4. The molecule has 30 heavy (non-hydrogen) atoms. The first kappa shape index (κ1) is 20.0. The van der Waals surface area contributed by atoms with Crippen molar-refractivity contribution in [2.24, 2.45) is 17.8 Å². The van der Waals surface area contributed by atoms with Crippen LogP contribution >= 0.6 is 0 Å². The SMILES string of the molecule is COCO[C@H]1C[C@@H]2C[C@H]1C1(C[C@H]2CNC(=O)Cc2c[nH]c3ccccc23)OCCO1. The van der Waals surface area contributed by atoms with Crippen molar-refractivity contribution >= 4 is 16.8 Å². The van der Waals surface area contributed by atoms with E-state index in [1.54, 1.807) is 7.11 Å². The van der Waals surface area contributed by atoms with Crippen molar-refractivity contribution in [1.82, 2.24) is 10.3 Å². The van der Waals surface area contributed by atoms with Gasteiger partial charge in [-0.15, -0.1) is 0 Å². The fourth-order valence-corrected chi connectivity index (χ4v) is 5.71. The summed E-state index contributed by atoms with van der Waals surface area (Å²) in [6, 6.07) is 8.07. The summed E-state index contributed by atoms with van der Waals surface area (Å²) in [6.45, 7) is 2.18. The Balaban J connectivity index is 1.23. The molecule has 7 heteroatoms. The number of amides is 1. The van der Waals surface area contributed by atoms with Crippen LogP contribution in [-0.4, -0.2) is 56.4 Å². The summed E-state index contributed by atoms with van der Waals surface area (Å²) in [5.41, 5.74) is 2.09. The van der Waals surface area contributed by atoms with E-state index >= 15 is 0 Å². The maximum atomic E-state index is 12.7. The van der Waals surface area contributed by atoms with Gasteiger partial charge in [-0.25, -0.2) is 0 Å². The van der Waals surface area contributed by atoms with Gasteiger partial charge >= 0.3 is 0 Å². The Labute approximate surface area is 176 Å². The quantitative estimate of drug-likeness (QED) is 0.681. The molecule has 4 atom stereocenters. The molecule has 2 N–H and O–H groups in total. The van der Waals surface area contributed by atoms with E-state index in [0.717, 1.165) is 35.7 Å². The lowest BCUT2D eigenvalue weighted by molar-refractivity contribution is -0.239. The Morgan fingerprint density at radius 1 is 1.27 bits per heavy atom. The van der Waals surface area contributed by atoms with Crippen LogP contribution in [0, 0.1) is 17.8 Å². The Morgan fingerprint density at radius 3 is 2.93 bits per heavy atom. The van der Waals surface area contributed by atoms with Crippen molar-refractivity contribution in [2.75, 3.05) is 33.7 Å². The number of carbonyl (C=O) groups is 1. The van der Waals surface area contributed by atoms with Gasteiger partial charge in [-0.2, -0.15) is 0 Å². The molecule has 1 aromatic heterocycles. The van der Waals surface area contributed by atoms with Gasteiger partial charge in [0.2, 0.25) is 5.91 Å². The maximum Gasteiger partial charge on any atom is 0.224 e. The van der Waals surface area contributed by atoms with E-state index in [2.05, 4.69) is 10.3 Å². The number of ether oxygens (including phenoxy) is 4. The van der Waals surface area contributed by atoms with Gasteiger partial charge in [-0.3, -0.25) is 4.79 Å². The number of nitrogens with one attached hydrogen (secondary N) is 2. The van der Waals surface area contributed by atoms with E-state index in [0.29, 0.717) is 38.0 Å². The van der Waals surface area contributed by atoms with Crippen LogP contribution in [0.25, 0.3) is 10.9 Å². The molecule has 2 aromatic rings. The Hall–Kier alpha value is -1.93. The fourth-order valence-electron chi connectivity index (χ4n) is 5.71. The number of H-pyrrole nitrogens is 1. The van der Waals surface area contributed by atoms with Crippen molar-refractivity contribution in [2.45, 2.75) is 37.6 Å². The average Bonchev–Trinajstić information content (AvgIpc) is 3.47. The zero-order valence-electron chi connectivity index (χ0n) is 17.4. The number of methoxy groups -OCH3 is 1. The number of aromatic amines is 1. The van der Waals surface area contributed by atoms with E-state index in [9.17, 15) is 4.79 Å². The van der Waals surface area contributed by atoms with Gasteiger partial charge in [-0.05, 0) is 36.3 Å². The van der Waals surface area contributed by atoms with Crippen LogP contribution < -0.4 is 5.32 Å². The number of fused-ring (bicyclic) bond motifs is 4. The Bertz CT molecular complexity index is 891. The number of aromatic nitrogens is 1. The number of hydrogen-bond acceptors (Lipinski definition) is 5. The third-order valence-corrected chi connectivity index (χ3v) is 7.08. The summed E-state index contributed by atoms with van der Waals surface area (Å²) in [5, 5.41) is 4.28. The van der Waals surface area contributed by atoms with Crippen LogP contribution in [0.3, 0.4) is 0 Å². The Morgan fingerprint density at radius 2 is 2.10 bits per heavy atom. The molecule has 1 aromatic carbocycles. The van der Waals surface area contributed by atoms with E-state index in [1.807, 2.05) is 30.5 Å². The van der Waals surface area contributed by atoms with Gasteiger partial charge in [-0.1, -0.05) is 18.2 Å². The highest BCUT2D eigenvalue weighted by atomic mass is 16.7. The van der Waals surface area contributed by atoms with Gasteiger partial charge < -0.3 is 29.2 Å². The highest BCUT2D eigenvalue weighted by Crippen LogP contribution is 2.54. The topological polar surface area (TPSA) is 81.8 Å². The highest BCUT2D eigenvalue weighted by Gasteiger charge is 2.58. The van der Waals surface area contributed by atoms with Gasteiger partial charge in [0, 0.05) is 43.1 Å². The largest absolute Gasteiger partial charge is 0.361 e. The molecule has 3 fully saturated rings. The Kier molecular flexibility index (Phi) is 5.54. The van der Waals surface area contributed by atoms with Crippen molar-refractivity contribution in [1.29, 1.82) is 0 Å². The average molecular weight is 415 g/mol. The lowest BCUT2D eigenvalue weighted by Gasteiger charge is -2.42. The van der Waals surface area contributed by atoms with Gasteiger partial charge in [0.15, 0.2) is 5.79 Å². The zero-order valence-corrected chi connectivity index (χ0v) is 17.4. The van der Waals surface area contributed by atoms with Crippen LogP contribution in [0.1, 0.15) is 24.8 Å². The summed E-state index contributed by atoms with van der Waals surface area (Å²) in [5.74, 6) is 0.538. The molecule has 1 saturated heterocycles. The number of rotatable bonds is 7. The van der Waals surface area contributed by atoms with Crippen LogP contribution in [0.2, 0.25) is 0 Å². The zero-order chi connectivity index (χ0) is 20.6.